The summed E-state index contributed by atoms with van der Waals surface area (Å²) in [6.07, 6.45) is 0. The van der Waals surface area contributed by atoms with Crippen molar-refractivity contribution < 1.29 is 4.74 Å². The van der Waals surface area contributed by atoms with E-state index in [4.69, 9.17) is 4.74 Å². The molecule has 0 saturated heterocycles. The highest BCUT2D eigenvalue weighted by atomic mass is 16.5. The molecule has 0 radical (unpaired) electrons. The molecule has 0 bridgehead atoms. The summed E-state index contributed by atoms with van der Waals surface area (Å²) in [5.74, 6) is 0.931. The van der Waals surface area contributed by atoms with Gasteiger partial charge in [-0.3, -0.25) is 4.99 Å². The van der Waals surface area contributed by atoms with E-state index < -0.39 is 0 Å². The SMILES string of the molecule is CC1=NC(C)=C(C)OC1(C)C. The number of nitrogens with zero attached hydrogens (tertiary/aromatic N) is 1. The van der Waals surface area contributed by atoms with E-state index in [0.29, 0.717) is 0 Å². The number of hydrogen-bond acceptors (Lipinski definition) is 2. The van der Waals surface area contributed by atoms with Crippen molar-refractivity contribution >= 4 is 5.71 Å². The van der Waals surface area contributed by atoms with Crippen LogP contribution in [0, 0.1) is 0 Å². The molecule has 2 nitrogen and oxygen atoms in total. The van der Waals surface area contributed by atoms with E-state index in [9.17, 15) is 0 Å². The standard InChI is InChI=1S/C9H15NO/c1-6-7(2)11-9(4,5)8(3)10-6/h1-5H3. The number of ether oxygens (including phenoxy) is 1. The molecule has 1 aliphatic heterocycles. The molecule has 1 rings (SSSR count). The van der Waals surface area contributed by atoms with Crippen LogP contribution in [0.15, 0.2) is 16.4 Å². The molecule has 1 aliphatic rings. The summed E-state index contributed by atoms with van der Waals surface area (Å²) in [4.78, 5) is 4.39. The van der Waals surface area contributed by atoms with E-state index in [-0.39, 0.29) is 5.60 Å². The maximum Gasteiger partial charge on any atom is 0.141 e. The van der Waals surface area contributed by atoms with Crippen LogP contribution >= 0.6 is 0 Å². The highest BCUT2D eigenvalue weighted by Crippen LogP contribution is 2.24. The van der Waals surface area contributed by atoms with Crippen LogP contribution in [0.3, 0.4) is 0 Å². The van der Waals surface area contributed by atoms with Crippen molar-refractivity contribution in [3.63, 3.8) is 0 Å². The lowest BCUT2D eigenvalue weighted by Crippen LogP contribution is -2.35. The molecule has 0 N–H and O–H groups in total. The molecule has 0 aromatic heterocycles. The first kappa shape index (κ1) is 8.31. The van der Waals surface area contributed by atoms with Crippen molar-refractivity contribution in [2.45, 2.75) is 40.2 Å². The first-order chi connectivity index (χ1) is 4.93. The van der Waals surface area contributed by atoms with Gasteiger partial charge in [-0.05, 0) is 34.6 Å². The maximum atomic E-state index is 5.65. The van der Waals surface area contributed by atoms with Crippen LogP contribution in [-0.2, 0) is 4.74 Å². The Morgan fingerprint density at radius 3 is 2.18 bits per heavy atom. The quantitative estimate of drug-likeness (QED) is 0.524. The van der Waals surface area contributed by atoms with Gasteiger partial charge in [0.1, 0.15) is 11.4 Å². The normalized spacial score (nSPS) is 22.8. The summed E-state index contributed by atoms with van der Waals surface area (Å²) >= 11 is 0. The van der Waals surface area contributed by atoms with Crippen molar-refractivity contribution in [1.82, 2.24) is 0 Å². The van der Waals surface area contributed by atoms with Crippen LogP contribution in [0.4, 0.5) is 0 Å². The first-order valence-corrected chi connectivity index (χ1v) is 3.86. The predicted molar refractivity (Wildman–Crippen MR) is 46.6 cm³/mol. The molecule has 1 heterocycles. The van der Waals surface area contributed by atoms with Gasteiger partial charge in [-0.2, -0.15) is 0 Å². The van der Waals surface area contributed by atoms with Crippen LogP contribution in [-0.4, -0.2) is 11.3 Å². The first-order valence-electron chi connectivity index (χ1n) is 3.86. The third-order valence-corrected chi connectivity index (χ3v) is 2.12. The summed E-state index contributed by atoms with van der Waals surface area (Å²) in [5.41, 5.74) is 1.81. The van der Waals surface area contributed by atoms with E-state index in [2.05, 4.69) is 4.99 Å². The van der Waals surface area contributed by atoms with Gasteiger partial charge in [0.15, 0.2) is 0 Å². The van der Waals surface area contributed by atoms with E-state index in [1.807, 2.05) is 34.6 Å². The third-order valence-electron chi connectivity index (χ3n) is 2.12. The van der Waals surface area contributed by atoms with Gasteiger partial charge in [0.2, 0.25) is 0 Å². The molecule has 0 aromatic carbocycles. The molecule has 0 amide bonds. The zero-order valence-electron chi connectivity index (χ0n) is 7.86. The van der Waals surface area contributed by atoms with Gasteiger partial charge in [-0.1, -0.05) is 0 Å². The number of aliphatic imine (C=N–C) groups is 1. The van der Waals surface area contributed by atoms with Crippen LogP contribution in [0.1, 0.15) is 34.6 Å². The van der Waals surface area contributed by atoms with Crippen LogP contribution in [0.5, 0.6) is 0 Å². The molecular formula is C9H15NO. The van der Waals surface area contributed by atoms with Gasteiger partial charge in [-0.25, -0.2) is 0 Å². The Kier molecular flexibility index (Phi) is 1.78. The Morgan fingerprint density at radius 1 is 1.18 bits per heavy atom. The van der Waals surface area contributed by atoms with Crippen LogP contribution in [0.2, 0.25) is 0 Å². The summed E-state index contributed by atoms with van der Waals surface area (Å²) in [6, 6.07) is 0. The molecule has 0 aliphatic carbocycles. The fraction of sp³-hybridized carbons (Fsp3) is 0.667. The number of rotatable bonds is 0. The molecule has 0 saturated carbocycles. The molecule has 0 atom stereocenters. The van der Waals surface area contributed by atoms with Crippen molar-refractivity contribution in [2.24, 2.45) is 4.99 Å². The fourth-order valence-electron chi connectivity index (χ4n) is 0.995. The summed E-state index contributed by atoms with van der Waals surface area (Å²) < 4.78 is 5.65. The lowest BCUT2D eigenvalue weighted by Gasteiger charge is -2.30. The molecule has 11 heavy (non-hydrogen) atoms. The van der Waals surface area contributed by atoms with E-state index in [0.717, 1.165) is 17.2 Å². The Labute approximate surface area is 68.0 Å². The Hall–Kier alpha value is -0.790. The second-order valence-corrected chi connectivity index (χ2v) is 3.45. The van der Waals surface area contributed by atoms with Crippen molar-refractivity contribution in [2.75, 3.05) is 0 Å². The van der Waals surface area contributed by atoms with E-state index in [1.54, 1.807) is 0 Å². The topological polar surface area (TPSA) is 21.6 Å². The largest absolute Gasteiger partial charge is 0.485 e. The van der Waals surface area contributed by atoms with Gasteiger partial charge in [-0.15, -0.1) is 0 Å². The van der Waals surface area contributed by atoms with Crippen molar-refractivity contribution in [1.29, 1.82) is 0 Å². The van der Waals surface area contributed by atoms with Crippen LogP contribution in [0.25, 0.3) is 0 Å². The zero-order chi connectivity index (χ0) is 8.65. The highest BCUT2D eigenvalue weighted by Gasteiger charge is 2.27. The van der Waals surface area contributed by atoms with E-state index in [1.165, 1.54) is 0 Å². The second-order valence-electron chi connectivity index (χ2n) is 3.45. The monoisotopic (exact) mass is 153 g/mol. The molecule has 0 unspecified atom stereocenters. The Balaban J connectivity index is 3.01. The fourth-order valence-corrected chi connectivity index (χ4v) is 0.995. The molecule has 0 fully saturated rings. The van der Waals surface area contributed by atoms with Gasteiger partial charge < -0.3 is 4.74 Å². The second kappa shape index (κ2) is 2.36. The van der Waals surface area contributed by atoms with Gasteiger partial charge >= 0.3 is 0 Å². The Morgan fingerprint density at radius 2 is 1.73 bits per heavy atom. The summed E-state index contributed by atoms with van der Waals surface area (Å²) in [6.45, 7) is 9.97. The molecule has 0 aromatic rings. The van der Waals surface area contributed by atoms with Gasteiger partial charge in [0.25, 0.3) is 0 Å². The number of allylic oxidation sites excluding steroid dienone is 2. The van der Waals surface area contributed by atoms with Crippen molar-refractivity contribution in [3.05, 3.63) is 11.5 Å². The average molecular weight is 153 g/mol. The predicted octanol–water partition coefficient (Wildman–Crippen LogP) is 2.51. The van der Waals surface area contributed by atoms with Gasteiger partial charge in [0, 0.05) is 0 Å². The molecule has 2 heteroatoms. The van der Waals surface area contributed by atoms with Gasteiger partial charge in [0.05, 0.1) is 11.4 Å². The highest BCUT2D eigenvalue weighted by molar-refractivity contribution is 5.91. The smallest absolute Gasteiger partial charge is 0.141 e. The minimum atomic E-state index is -0.219. The minimum Gasteiger partial charge on any atom is -0.485 e. The van der Waals surface area contributed by atoms with Crippen LogP contribution < -0.4 is 0 Å². The lowest BCUT2D eigenvalue weighted by atomic mass is 10.0. The minimum absolute atomic E-state index is 0.219. The summed E-state index contributed by atoms with van der Waals surface area (Å²) in [7, 11) is 0. The maximum absolute atomic E-state index is 5.65. The lowest BCUT2D eigenvalue weighted by molar-refractivity contribution is 0.0892. The number of hydrogen-bond donors (Lipinski definition) is 0. The third kappa shape index (κ3) is 1.44. The summed E-state index contributed by atoms with van der Waals surface area (Å²) in [5, 5.41) is 0. The van der Waals surface area contributed by atoms with E-state index >= 15 is 0 Å². The molecule has 62 valence electrons. The molecular weight excluding hydrogens is 138 g/mol. The Bertz CT molecular complexity index is 236. The average Bonchev–Trinajstić information content (AvgIpc) is 1.83. The van der Waals surface area contributed by atoms with Crippen molar-refractivity contribution in [3.8, 4) is 0 Å². The zero-order valence-corrected chi connectivity index (χ0v) is 7.86. The molecule has 0 spiro atoms.